The molecule has 0 aliphatic rings. The van der Waals surface area contributed by atoms with Gasteiger partial charge >= 0.3 is 5.97 Å². The van der Waals surface area contributed by atoms with E-state index in [-0.39, 0.29) is 0 Å². The van der Waals surface area contributed by atoms with Crippen molar-refractivity contribution >= 4 is 43.7 Å². The van der Waals surface area contributed by atoms with Gasteiger partial charge in [-0.15, -0.1) is 0 Å². The van der Waals surface area contributed by atoms with Gasteiger partial charge in [0.1, 0.15) is 6.04 Å². The molecule has 0 heterocycles. The van der Waals surface area contributed by atoms with Gasteiger partial charge in [-0.2, -0.15) is 0 Å². The Labute approximate surface area is 116 Å². The number of carboxylic acids is 1. The number of halogens is 2. The number of benzene rings is 1. The molecular formula is C11H11Br2NO3. The molecule has 1 aromatic rings. The lowest BCUT2D eigenvalue weighted by Gasteiger charge is -2.13. The van der Waals surface area contributed by atoms with Crippen LogP contribution in [0.2, 0.25) is 0 Å². The number of carboxylic acid groups (broad SMARTS) is 1. The van der Waals surface area contributed by atoms with Crippen LogP contribution in [0.25, 0.3) is 0 Å². The average molecular weight is 365 g/mol. The van der Waals surface area contributed by atoms with Crippen molar-refractivity contribution in [1.29, 1.82) is 0 Å². The topological polar surface area (TPSA) is 66.4 Å². The van der Waals surface area contributed by atoms with E-state index >= 15 is 0 Å². The number of hydrogen-bond donors (Lipinski definition) is 2. The maximum Gasteiger partial charge on any atom is 0.326 e. The molecule has 0 saturated carbocycles. The Hall–Kier alpha value is -0.880. The van der Waals surface area contributed by atoms with Crippen LogP contribution in [0.3, 0.4) is 0 Å². The summed E-state index contributed by atoms with van der Waals surface area (Å²) in [5.41, 5.74) is 0.410. The van der Waals surface area contributed by atoms with Crippen LogP contribution >= 0.6 is 31.9 Å². The molecular weight excluding hydrogens is 354 g/mol. The molecule has 1 amide bonds. The number of nitrogens with one attached hydrogen (secondary N) is 1. The van der Waals surface area contributed by atoms with Crippen LogP contribution in [-0.4, -0.2) is 23.0 Å². The Kier molecular flexibility index (Phi) is 5.14. The second kappa shape index (κ2) is 6.16. The van der Waals surface area contributed by atoms with E-state index in [1.807, 2.05) is 0 Å². The second-order valence-corrected chi connectivity index (χ2v) is 5.17. The molecule has 1 aromatic carbocycles. The summed E-state index contributed by atoms with van der Waals surface area (Å²) < 4.78 is 1.45. The molecule has 6 heteroatoms. The zero-order chi connectivity index (χ0) is 13.0. The normalized spacial score (nSPS) is 11.9. The molecule has 0 aliphatic heterocycles. The summed E-state index contributed by atoms with van der Waals surface area (Å²) in [6.07, 6.45) is 0.342. The maximum atomic E-state index is 11.8. The molecule has 4 nitrogen and oxygen atoms in total. The molecule has 0 unspecified atom stereocenters. The van der Waals surface area contributed by atoms with Gasteiger partial charge in [-0.3, -0.25) is 4.79 Å². The number of rotatable bonds is 4. The van der Waals surface area contributed by atoms with Crippen molar-refractivity contribution < 1.29 is 14.7 Å². The van der Waals surface area contributed by atoms with Crippen molar-refractivity contribution in [2.24, 2.45) is 0 Å². The van der Waals surface area contributed by atoms with E-state index in [1.165, 1.54) is 0 Å². The lowest BCUT2D eigenvalue weighted by molar-refractivity contribution is -0.139. The van der Waals surface area contributed by atoms with Crippen molar-refractivity contribution in [1.82, 2.24) is 5.32 Å². The van der Waals surface area contributed by atoms with E-state index in [0.717, 1.165) is 4.47 Å². The Morgan fingerprint density at radius 3 is 2.53 bits per heavy atom. The third kappa shape index (κ3) is 3.81. The van der Waals surface area contributed by atoms with Crippen molar-refractivity contribution in [3.63, 3.8) is 0 Å². The Morgan fingerprint density at radius 2 is 2.06 bits per heavy atom. The summed E-state index contributed by atoms with van der Waals surface area (Å²) in [4.78, 5) is 22.6. The fraction of sp³-hybridized carbons (Fsp3) is 0.273. The lowest BCUT2D eigenvalue weighted by atomic mass is 10.1. The largest absolute Gasteiger partial charge is 0.480 e. The van der Waals surface area contributed by atoms with Crippen molar-refractivity contribution in [2.75, 3.05) is 0 Å². The third-order valence-corrected chi connectivity index (χ3v) is 3.34. The van der Waals surface area contributed by atoms with Gasteiger partial charge in [-0.25, -0.2) is 4.79 Å². The van der Waals surface area contributed by atoms with E-state index in [0.29, 0.717) is 16.5 Å². The highest BCUT2D eigenvalue weighted by Crippen LogP contribution is 2.21. The third-order valence-electron chi connectivity index (χ3n) is 2.19. The van der Waals surface area contributed by atoms with Gasteiger partial charge in [-0.1, -0.05) is 22.9 Å². The Bertz CT molecular complexity index is 448. The van der Waals surface area contributed by atoms with E-state index in [1.54, 1.807) is 25.1 Å². The molecule has 0 saturated heterocycles. The molecule has 0 aliphatic carbocycles. The first-order valence-corrected chi connectivity index (χ1v) is 6.53. The molecule has 17 heavy (non-hydrogen) atoms. The number of carbonyl (C=O) groups excluding carboxylic acids is 1. The fourth-order valence-electron chi connectivity index (χ4n) is 1.25. The van der Waals surface area contributed by atoms with Gasteiger partial charge in [-0.05, 0) is 40.5 Å². The van der Waals surface area contributed by atoms with Crippen LogP contribution < -0.4 is 5.32 Å². The SMILES string of the molecule is CC[C@@H](NC(=O)c1ccc(Br)cc1Br)C(=O)O. The summed E-state index contributed by atoms with van der Waals surface area (Å²) in [5.74, 6) is -1.44. The molecule has 0 aromatic heterocycles. The quantitative estimate of drug-likeness (QED) is 0.863. The predicted molar refractivity (Wildman–Crippen MR) is 71.0 cm³/mol. The minimum Gasteiger partial charge on any atom is -0.480 e. The Balaban J connectivity index is 2.86. The summed E-state index contributed by atoms with van der Waals surface area (Å²) >= 11 is 6.54. The van der Waals surface area contributed by atoms with Crippen LogP contribution in [0, 0.1) is 0 Å². The molecule has 0 bridgehead atoms. The van der Waals surface area contributed by atoms with Gasteiger partial charge in [0, 0.05) is 8.95 Å². The summed E-state index contributed by atoms with van der Waals surface area (Å²) in [5, 5.41) is 11.3. The van der Waals surface area contributed by atoms with Crippen LogP contribution in [0.15, 0.2) is 27.1 Å². The fourth-order valence-corrected chi connectivity index (χ4v) is 2.48. The Morgan fingerprint density at radius 1 is 1.41 bits per heavy atom. The van der Waals surface area contributed by atoms with Gasteiger partial charge in [0.05, 0.1) is 5.56 Å². The van der Waals surface area contributed by atoms with Crippen LogP contribution in [0.4, 0.5) is 0 Å². The minimum absolute atomic E-state index is 0.342. The van der Waals surface area contributed by atoms with E-state index in [9.17, 15) is 9.59 Å². The second-order valence-electron chi connectivity index (χ2n) is 3.40. The van der Waals surface area contributed by atoms with Gasteiger partial charge in [0.2, 0.25) is 0 Å². The smallest absolute Gasteiger partial charge is 0.326 e. The number of amides is 1. The zero-order valence-electron chi connectivity index (χ0n) is 9.04. The van der Waals surface area contributed by atoms with Crippen molar-refractivity contribution in [2.45, 2.75) is 19.4 Å². The van der Waals surface area contributed by atoms with Gasteiger partial charge < -0.3 is 10.4 Å². The number of aliphatic carboxylic acids is 1. The van der Waals surface area contributed by atoms with Crippen molar-refractivity contribution in [3.05, 3.63) is 32.7 Å². The highest BCUT2D eigenvalue weighted by Gasteiger charge is 2.19. The first kappa shape index (κ1) is 14.2. The first-order valence-electron chi connectivity index (χ1n) is 4.94. The van der Waals surface area contributed by atoms with Crippen molar-refractivity contribution in [3.8, 4) is 0 Å². The van der Waals surface area contributed by atoms with Crippen LogP contribution in [-0.2, 0) is 4.79 Å². The zero-order valence-corrected chi connectivity index (χ0v) is 12.2. The average Bonchev–Trinajstić information content (AvgIpc) is 2.24. The summed E-state index contributed by atoms with van der Waals surface area (Å²) in [6.45, 7) is 1.70. The molecule has 1 rings (SSSR count). The molecule has 2 N–H and O–H groups in total. The number of hydrogen-bond acceptors (Lipinski definition) is 2. The predicted octanol–water partition coefficient (Wildman–Crippen LogP) is 2.80. The molecule has 0 spiro atoms. The van der Waals surface area contributed by atoms with Crippen LogP contribution in [0.5, 0.6) is 0 Å². The van der Waals surface area contributed by atoms with E-state index in [4.69, 9.17) is 5.11 Å². The number of carbonyl (C=O) groups is 2. The highest BCUT2D eigenvalue weighted by atomic mass is 79.9. The molecule has 0 fully saturated rings. The first-order chi connectivity index (χ1) is 7.95. The standard InChI is InChI=1S/C11H11Br2NO3/c1-2-9(11(16)17)14-10(15)7-4-3-6(12)5-8(7)13/h3-5,9H,2H2,1H3,(H,14,15)(H,16,17)/t9-/m1/s1. The van der Waals surface area contributed by atoms with E-state index < -0.39 is 17.9 Å². The monoisotopic (exact) mass is 363 g/mol. The van der Waals surface area contributed by atoms with Gasteiger partial charge in [0.25, 0.3) is 5.91 Å². The van der Waals surface area contributed by atoms with Gasteiger partial charge in [0.15, 0.2) is 0 Å². The molecule has 0 radical (unpaired) electrons. The maximum absolute atomic E-state index is 11.8. The van der Waals surface area contributed by atoms with Crippen LogP contribution in [0.1, 0.15) is 23.7 Å². The minimum atomic E-state index is -1.03. The molecule has 1 atom stereocenters. The summed E-state index contributed by atoms with van der Waals surface area (Å²) in [7, 11) is 0. The van der Waals surface area contributed by atoms with E-state index in [2.05, 4.69) is 37.2 Å². The summed E-state index contributed by atoms with van der Waals surface area (Å²) in [6, 6.07) is 4.22. The molecule has 92 valence electrons. The lowest BCUT2D eigenvalue weighted by Crippen LogP contribution is -2.40. The highest BCUT2D eigenvalue weighted by molar-refractivity contribution is 9.11.